The van der Waals surface area contributed by atoms with Gasteiger partial charge in [-0.15, -0.1) is 0 Å². The number of hydrogen-bond donors (Lipinski definition) is 2. The number of nitrogens with one attached hydrogen (secondary N) is 1. The van der Waals surface area contributed by atoms with Crippen molar-refractivity contribution in [3.8, 4) is 5.75 Å². The van der Waals surface area contributed by atoms with E-state index in [1.165, 1.54) is 37.0 Å². The van der Waals surface area contributed by atoms with Crippen LogP contribution < -0.4 is 9.64 Å². The highest BCUT2D eigenvalue weighted by molar-refractivity contribution is 6.30. The number of aliphatic hydroxyl groups is 1. The van der Waals surface area contributed by atoms with E-state index in [2.05, 4.69) is 7.05 Å². The molecule has 0 heterocycles. The fourth-order valence-electron chi connectivity index (χ4n) is 3.16. The molecule has 2 rings (SSSR count). The van der Waals surface area contributed by atoms with Crippen molar-refractivity contribution in [2.75, 3.05) is 33.4 Å². The fourth-order valence-corrected chi connectivity index (χ4v) is 3.29. The van der Waals surface area contributed by atoms with E-state index < -0.39 is 6.10 Å². The van der Waals surface area contributed by atoms with Crippen LogP contribution in [0.1, 0.15) is 32.1 Å². The number of benzene rings is 1. The second kappa shape index (κ2) is 10.1. The molecule has 1 aromatic carbocycles. The Bertz CT molecular complexity index is 434. The summed E-state index contributed by atoms with van der Waals surface area (Å²) in [7, 11) is 2.18. The van der Waals surface area contributed by atoms with E-state index >= 15 is 0 Å². The van der Waals surface area contributed by atoms with Crippen molar-refractivity contribution < 1.29 is 19.5 Å². The first-order valence-electron chi connectivity index (χ1n) is 8.61. The van der Waals surface area contributed by atoms with Gasteiger partial charge in [-0.1, -0.05) is 18.0 Å². The molecule has 0 saturated heterocycles. The Hall–Kier alpha value is -0.810. The van der Waals surface area contributed by atoms with E-state index in [4.69, 9.17) is 21.1 Å². The minimum atomic E-state index is -0.410. The lowest BCUT2D eigenvalue weighted by Gasteiger charge is -2.29. The zero-order valence-corrected chi connectivity index (χ0v) is 14.7. The maximum Gasteiger partial charge on any atom is 0.126 e. The van der Waals surface area contributed by atoms with E-state index in [0.29, 0.717) is 30.9 Å². The molecule has 0 aliphatic heterocycles. The second-order valence-corrected chi connectivity index (χ2v) is 6.85. The Balaban J connectivity index is 1.53. The molecule has 0 aromatic heterocycles. The van der Waals surface area contributed by atoms with Crippen LogP contribution in [0, 0.1) is 0 Å². The molecule has 1 aliphatic rings. The van der Waals surface area contributed by atoms with Gasteiger partial charge >= 0.3 is 0 Å². The topological polar surface area (TPSA) is 43.1 Å². The van der Waals surface area contributed by atoms with Crippen molar-refractivity contribution >= 4 is 11.6 Å². The minimum Gasteiger partial charge on any atom is -0.491 e. The van der Waals surface area contributed by atoms with Gasteiger partial charge < -0.3 is 19.5 Å². The van der Waals surface area contributed by atoms with Crippen LogP contribution in [0.4, 0.5) is 0 Å². The van der Waals surface area contributed by atoms with Gasteiger partial charge in [-0.3, -0.25) is 0 Å². The van der Waals surface area contributed by atoms with Gasteiger partial charge in [0.25, 0.3) is 0 Å². The molecule has 4 nitrogen and oxygen atoms in total. The number of aliphatic hydroxyl groups excluding tert-OH is 1. The van der Waals surface area contributed by atoms with Crippen molar-refractivity contribution in [3.05, 3.63) is 29.3 Å². The summed E-state index contributed by atoms with van der Waals surface area (Å²) in [6, 6.07) is 7.96. The summed E-state index contributed by atoms with van der Waals surface area (Å²) in [5.74, 6) is 0.778. The minimum absolute atomic E-state index is 0.369. The Morgan fingerprint density at radius 3 is 2.57 bits per heavy atom. The molecular weight excluding hydrogens is 314 g/mol. The SMILES string of the molecule is C[NH+](C[C@H](O)COCCOc1ccc(Cl)cc1)C1CCCCC1. The summed E-state index contributed by atoms with van der Waals surface area (Å²) < 4.78 is 11.1. The second-order valence-electron chi connectivity index (χ2n) is 6.42. The van der Waals surface area contributed by atoms with Gasteiger partial charge in [-0.25, -0.2) is 0 Å². The third-order valence-corrected chi connectivity index (χ3v) is 4.73. The first-order valence-corrected chi connectivity index (χ1v) is 8.99. The number of quaternary nitrogens is 1. The Morgan fingerprint density at radius 2 is 1.87 bits per heavy atom. The lowest BCUT2D eigenvalue weighted by Crippen LogP contribution is -3.14. The van der Waals surface area contributed by atoms with Gasteiger partial charge in [-0.2, -0.15) is 0 Å². The van der Waals surface area contributed by atoms with E-state index in [9.17, 15) is 5.11 Å². The van der Waals surface area contributed by atoms with Crippen molar-refractivity contribution in [2.45, 2.75) is 44.2 Å². The van der Waals surface area contributed by atoms with Gasteiger partial charge in [0.05, 0.1) is 26.3 Å². The third kappa shape index (κ3) is 7.08. The van der Waals surface area contributed by atoms with Gasteiger partial charge in [0.1, 0.15) is 25.0 Å². The smallest absolute Gasteiger partial charge is 0.126 e. The molecule has 0 radical (unpaired) electrons. The van der Waals surface area contributed by atoms with Crippen LogP contribution in [-0.2, 0) is 4.74 Å². The number of halogens is 1. The number of hydrogen-bond acceptors (Lipinski definition) is 3. The Labute approximate surface area is 144 Å². The highest BCUT2D eigenvalue weighted by atomic mass is 35.5. The molecule has 23 heavy (non-hydrogen) atoms. The highest BCUT2D eigenvalue weighted by Crippen LogP contribution is 2.16. The number of likely N-dealkylation sites (N-methyl/N-ethyl adjacent to an activating group) is 1. The van der Waals surface area contributed by atoms with Crippen molar-refractivity contribution in [3.63, 3.8) is 0 Å². The third-order valence-electron chi connectivity index (χ3n) is 4.48. The summed E-state index contributed by atoms with van der Waals surface area (Å²) in [5.41, 5.74) is 0. The number of ether oxygens (including phenoxy) is 2. The molecule has 2 N–H and O–H groups in total. The monoisotopic (exact) mass is 342 g/mol. The van der Waals surface area contributed by atoms with Gasteiger partial charge in [-0.05, 0) is 49.9 Å². The fraction of sp³-hybridized carbons (Fsp3) is 0.667. The van der Waals surface area contributed by atoms with Crippen molar-refractivity contribution in [1.82, 2.24) is 0 Å². The van der Waals surface area contributed by atoms with Crippen LogP contribution in [0.25, 0.3) is 0 Å². The summed E-state index contributed by atoms with van der Waals surface area (Å²) in [4.78, 5) is 1.43. The van der Waals surface area contributed by atoms with Crippen LogP contribution in [0.2, 0.25) is 5.02 Å². The summed E-state index contributed by atoms with van der Waals surface area (Å²) in [6.45, 7) is 2.07. The lowest BCUT2D eigenvalue weighted by molar-refractivity contribution is -0.910. The van der Waals surface area contributed by atoms with Crippen LogP contribution in [0.5, 0.6) is 5.75 Å². The Morgan fingerprint density at radius 1 is 1.17 bits per heavy atom. The van der Waals surface area contributed by atoms with Crippen molar-refractivity contribution in [1.29, 1.82) is 0 Å². The van der Waals surface area contributed by atoms with Crippen LogP contribution in [0.15, 0.2) is 24.3 Å². The molecule has 0 spiro atoms. The van der Waals surface area contributed by atoms with E-state index in [1.807, 2.05) is 12.1 Å². The van der Waals surface area contributed by atoms with Crippen molar-refractivity contribution in [2.24, 2.45) is 0 Å². The first kappa shape index (κ1) is 18.5. The maximum atomic E-state index is 10.1. The molecule has 5 heteroatoms. The highest BCUT2D eigenvalue weighted by Gasteiger charge is 2.23. The molecule has 1 unspecified atom stereocenters. The quantitative estimate of drug-likeness (QED) is 0.674. The largest absolute Gasteiger partial charge is 0.491 e. The normalized spacial score (nSPS) is 18.6. The molecule has 0 amide bonds. The summed E-state index contributed by atoms with van der Waals surface area (Å²) in [5, 5.41) is 10.8. The summed E-state index contributed by atoms with van der Waals surface area (Å²) in [6.07, 6.45) is 6.19. The van der Waals surface area contributed by atoms with E-state index in [0.717, 1.165) is 12.3 Å². The predicted molar refractivity (Wildman–Crippen MR) is 92.4 cm³/mol. The van der Waals surface area contributed by atoms with Gasteiger partial charge in [0.15, 0.2) is 0 Å². The molecule has 1 aliphatic carbocycles. The predicted octanol–water partition coefficient (Wildman–Crippen LogP) is 1.94. The Kier molecular flexibility index (Phi) is 8.17. The molecule has 130 valence electrons. The molecule has 1 saturated carbocycles. The van der Waals surface area contributed by atoms with Crippen LogP contribution in [-0.4, -0.2) is 50.7 Å². The first-order chi connectivity index (χ1) is 11.1. The van der Waals surface area contributed by atoms with Gasteiger partial charge in [0, 0.05) is 5.02 Å². The molecule has 0 bridgehead atoms. The maximum absolute atomic E-state index is 10.1. The van der Waals surface area contributed by atoms with Gasteiger partial charge in [0.2, 0.25) is 0 Å². The molecule has 1 aromatic rings. The standard InChI is InChI=1S/C18H28ClNO3/c1-20(16-5-3-2-4-6-16)13-17(21)14-22-11-12-23-18-9-7-15(19)8-10-18/h7-10,16-17,21H,2-6,11-14H2,1H3/p+1/t17-/m0/s1. The molecule has 1 fully saturated rings. The average Bonchev–Trinajstić information content (AvgIpc) is 2.57. The zero-order chi connectivity index (χ0) is 16.5. The van der Waals surface area contributed by atoms with E-state index in [-0.39, 0.29) is 0 Å². The summed E-state index contributed by atoms with van der Waals surface area (Å²) >= 11 is 5.82. The average molecular weight is 343 g/mol. The molecular formula is C18H29ClNO3+. The lowest BCUT2D eigenvalue weighted by atomic mass is 9.94. The molecule has 2 atom stereocenters. The number of rotatable bonds is 9. The zero-order valence-electron chi connectivity index (χ0n) is 14.0. The van der Waals surface area contributed by atoms with Crippen LogP contribution >= 0.6 is 11.6 Å². The van der Waals surface area contributed by atoms with Crippen LogP contribution in [0.3, 0.4) is 0 Å². The van der Waals surface area contributed by atoms with E-state index in [1.54, 1.807) is 12.1 Å².